The Labute approximate surface area is 103 Å². The topological polar surface area (TPSA) is 63.6 Å². The first-order chi connectivity index (χ1) is 8.52. The first kappa shape index (κ1) is 13.7. The van der Waals surface area contributed by atoms with Gasteiger partial charge in [-0.25, -0.2) is 9.18 Å². The molecule has 0 radical (unpaired) electrons. The minimum absolute atomic E-state index is 0.0261. The number of carboxylic acid groups (broad SMARTS) is 1. The van der Waals surface area contributed by atoms with Crippen molar-refractivity contribution >= 4 is 11.9 Å². The van der Waals surface area contributed by atoms with Crippen molar-refractivity contribution in [3.8, 4) is 11.8 Å². The highest BCUT2D eigenvalue weighted by molar-refractivity contribution is 5.89. The predicted octanol–water partition coefficient (Wildman–Crippen LogP) is 1.37. The Balaban J connectivity index is 2.93. The third-order valence-electron chi connectivity index (χ3n) is 1.96. The number of aliphatic carboxylic acids is 1. The van der Waals surface area contributed by atoms with Gasteiger partial charge in [0.25, 0.3) is 0 Å². The average molecular weight is 250 g/mol. The molecule has 0 bridgehead atoms. The van der Waals surface area contributed by atoms with Crippen molar-refractivity contribution in [2.75, 3.05) is 6.61 Å². The zero-order chi connectivity index (χ0) is 13.5. The zero-order valence-electron chi connectivity index (χ0n) is 9.70. The van der Waals surface area contributed by atoms with Gasteiger partial charge in [-0.2, -0.15) is 0 Å². The molecule has 0 aliphatic carbocycles. The lowest BCUT2D eigenvalue weighted by Gasteiger charge is -1.99. The summed E-state index contributed by atoms with van der Waals surface area (Å²) in [5.74, 6) is 2.06. The van der Waals surface area contributed by atoms with Gasteiger partial charge in [-0.15, -0.1) is 0 Å². The number of hydrogen-bond donors (Lipinski definition) is 1. The SMILES string of the molecule is CCOC(=O)C#Cc1cc(CC(=O)O)ccc1F. The van der Waals surface area contributed by atoms with Gasteiger partial charge in [0.05, 0.1) is 18.6 Å². The summed E-state index contributed by atoms with van der Waals surface area (Å²) in [6.07, 6.45) is -0.228. The Hall–Kier alpha value is -2.35. The number of benzene rings is 1. The number of hydrogen-bond acceptors (Lipinski definition) is 3. The van der Waals surface area contributed by atoms with Gasteiger partial charge in [-0.05, 0) is 24.6 Å². The number of ether oxygens (including phenoxy) is 1. The van der Waals surface area contributed by atoms with Gasteiger partial charge in [0.2, 0.25) is 0 Å². The quantitative estimate of drug-likeness (QED) is 0.650. The van der Waals surface area contributed by atoms with Crippen LogP contribution >= 0.6 is 0 Å². The molecular formula is C13H11FO4. The van der Waals surface area contributed by atoms with E-state index in [0.717, 1.165) is 6.07 Å². The van der Waals surface area contributed by atoms with Gasteiger partial charge in [-0.1, -0.05) is 12.0 Å². The molecule has 1 N–H and O–H groups in total. The van der Waals surface area contributed by atoms with Gasteiger partial charge in [-0.3, -0.25) is 4.79 Å². The van der Waals surface area contributed by atoms with Crippen molar-refractivity contribution in [2.45, 2.75) is 13.3 Å². The van der Waals surface area contributed by atoms with Crippen molar-refractivity contribution in [1.82, 2.24) is 0 Å². The molecule has 0 unspecified atom stereocenters. The predicted molar refractivity (Wildman–Crippen MR) is 61.3 cm³/mol. The van der Waals surface area contributed by atoms with Gasteiger partial charge in [0.1, 0.15) is 5.82 Å². The smallest absolute Gasteiger partial charge is 0.384 e. The maximum atomic E-state index is 13.3. The Morgan fingerprint density at radius 2 is 2.17 bits per heavy atom. The molecule has 0 fully saturated rings. The van der Waals surface area contributed by atoms with Crippen LogP contribution in [0.25, 0.3) is 0 Å². The van der Waals surface area contributed by atoms with Crippen LogP contribution in [-0.2, 0) is 20.7 Å². The first-order valence-electron chi connectivity index (χ1n) is 5.22. The van der Waals surface area contributed by atoms with E-state index in [1.807, 2.05) is 0 Å². The number of halogens is 1. The van der Waals surface area contributed by atoms with E-state index in [1.165, 1.54) is 12.1 Å². The Morgan fingerprint density at radius 3 is 2.78 bits per heavy atom. The molecule has 0 saturated carbocycles. The maximum Gasteiger partial charge on any atom is 0.384 e. The fraction of sp³-hybridized carbons (Fsp3) is 0.231. The van der Waals surface area contributed by atoms with Gasteiger partial charge in [0.15, 0.2) is 0 Å². The molecule has 0 spiro atoms. The van der Waals surface area contributed by atoms with E-state index >= 15 is 0 Å². The van der Waals surface area contributed by atoms with Crippen LogP contribution in [0.1, 0.15) is 18.1 Å². The van der Waals surface area contributed by atoms with Crippen LogP contribution in [0.5, 0.6) is 0 Å². The van der Waals surface area contributed by atoms with E-state index in [2.05, 4.69) is 16.6 Å². The van der Waals surface area contributed by atoms with E-state index in [0.29, 0.717) is 5.56 Å². The minimum atomic E-state index is -1.02. The van der Waals surface area contributed by atoms with E-state index in [-0.39, 0.29) is 18.6 Å². The second kappa shape index (κ2) is 6.40. The van der Waals surface area contributed by atoms with Crippen LogP contribution in [0.15, 0.2) is 18.2 Å². The Kier molecular flexibility index (Phi) is 4.88. The Morgan fingerprint density at radius 1 is 1.44 bits per heavy atom. The molecule has 0 amide bonds. The highest BCUT2D eigenvalue weighted by atomic mass is 19.1. The van der Waals surface area contributed by atoms with Crippen molar-refractivity contribution in [2.24, 2.45) is 0 Å². The van der Waals surface area contributed by atoms with Crippen LogP contribution in [-0.4, -0.2) is 23.7 Å². The minimum Gasteiger partial charge on any atom is -0.481 e. The number of esters is 1. The zero-order valence-corrected chi connectivity index (χ0v) is 9.70. The second-order valence-electron chi connectivity index (χ2n) is 3.36. The van der Waals surface area contributed by atoms with Crippen LogP contribution in [0.3, 0.4) is 0 Å². The molecule has 0 aromatic heterocycles. The van der Waals surface area contributed by atoms with Gasteiger partial charge in [0, 0.05) is 5.92 Å². The van der Waals surface area contributed by atoms with E-state index in [4.69, 9.17) is 5.11 Å². The summed E-state index contributed by atoms with van der Waals surface area (Å²) in [4.78, 5) is 21.5. The molecule has 0 aliphatic heterocycles. The summed E-state index contributed by atoms with van der Waals surface area (Å²) < 4.78 is 17.9. The normalized spacial score (nSPS) is 9.22. The highest BCUT2D eigenvalue weighted by Crippen LogP contribution is 2.10. The van der Waals surface area contributed by atoms with Gasteiger partial charge >= 0.3 is 11.9 Å². The van der Waals surface area contributed by atoms with E-state index < -0.39 is 17.8 Å². The van der Waals surface area contributed by atoms with Crippen LogP contribution < -0.4 is 0 Å². The molecule has 1 aromatic carbocycles. The molecule has 0 aliphatic rings. The molecule has 0 atom stereocenters. The summed E-state index contributed by atoms with van der Waals surface area (Å²) in [6.45, 7) is 1.82. The number of carbonyl (C=O) groups is 2. The molecule has 1 rings (SSSR count). The largest absolute Gasteiger partial charge is 0.481 e. The van der Waals surface area contributed by atoms with Crippen molar-refractivity contribution in [1.29, 1.82) is 0 Å². The first-order valence-corrected chi connectivity index (χ1v) is 5.22. The lowest BCUT2D eigenvalue weighted by atomic mass is 10.1. The number of rotatable bonds is 3. The molecule has 0 heterocycles. The lowest BCUT2D eigenvalue weighted by Crippen LogP contribution is -2.02. The molecular weight excluding hydrogens is 239 g/mol. The highest BCUT2D eigenvalue weighted by Gasteiger charge is 2.05. The van der Waals surface area contributed by atoms with Crippen LogP contribution in [0.2, 0.25) is 0 Å². The summed E-state index contributed by atoms with van der Waals surface area (Å²) in [5.41, 5.74) is 0.388. The third-order valence-corrected chi connectivity index (χ3v) is 1.96. The average Bonchev–Trinajstić information content (AvgIpc) is 2.29. The van der Waals surface area contributed by atoms with E-state index in [1.54, 1.807) is 6.92 Å². The van der Waals surface area contributed by atoms with Crippen LogP contribution in [0.4, 0.5) is 4.39 Å². The molecule has 18 heavy (non-hydrogen) atoms. The fourth-order valence-corrected chi connectivity index (χ4v) is 1.24. The van der Waals surface area contributed by atoms with Crippen molar-refractivity contribution in [3.63, 3.8) is 0 Å². The lowest BCUT2D eigenvalue weighted by molar-refractivity contribution is -0.137. The summed E-state index contributed by atoms with van der Waals surface area (Å²) in [6, 6.07) is 3.78. The van der Waals surface area contributed by atoms with Crippen molar-refractivity contribution < 1.29 is 23.8 Å². The summed E-state index contributed by atoms with van der Waals surface area (Å²) in [7, 11) is 0. The summed E-state index contributed by atoms with van der Waals surface area (Å²) >= 11 is 0. The summed E-state index contributed by atoms with van der Waals surface area (Å²) in [5, 5.41) is 8.61. The molecule has 94 valence electrons. The molecule has 0 saturated heterocycles. The Bertz CT molecular complexity index is 526. The second-order valence-corrected chi connectivity index (χ2v) is 3.36. The fourth-order valence-electron chi connectivity index (χ4n) is 1.24. The maximum absolute atomic E-state index is 13.3. The molecule has 1 aromatic rings. The monoisotopic (exact) mass is 250 g/mol. The van der Waals surface area contributed by atoms with Crippen LogP contribution in [0, 0.1) is 17.7 Å². The van der Waals surface area contributed by atoms with Gasteiger partial charge < -0.3 is 9.84 Å². The molecule has 5 heteroatoms. The van der Waals surface area contributed by atoms with E-state index in [9.17, 15) is 14.0 Å². The number of carbonyl (C=O) groups excluding carboxylic acids is 1. The number of carboxylic acids is 1. The third kappa shape index (κ3) is 4.26. The molecule has 4 nitrogen and oxygen atoms in total. The van der Waals surface area contributed by atoms with Crippen molar-refractivity contribution in [3.05, 3.63) is 35.1 Å². The standard InChI is InChI=1S/C13H11FO4/c1-2-18-13(17)6-4-10-7-9(8-12(15)16)3-5-11(10)14/h3,5,7H,2,8H2,1H3,(H,15,16).